The van der Waals surface area contributed by atoms with Crippen LogP contribution in [-0.4, -0.2) is 38.1 Å². The Morgan fingerprint density at radius 3 is 3.05 bits per heavy atom. The largest absolute Gasteiger partial charge is 0.457 e. The fraction of sp³-hybridized carbons (Fsp3) is 0.538. The third kappa shape index (κ3) is 3.51. The minimum atomic E-state index is 0.340. The second kappa shape index (κ2) is 6.42. The van der Waals surface area contributed by atoms with E-state index in [2.05, 4.69) is 25.6 Å². The summed E-state index contributed by atoms with van der Waals surface area (Å²) < 4.78 is 7.34. The molecule has 0 amide bonds. The van der Waals surface area contributed by atoms with Crippen LogP contribution >= 0.6 is 0 Å². The fourth-order valence-electron chi connectivity index (χ4n) is 2.34. The van der Waals surface area contributed by atoms with Gasteiger partial charge in [0.2, 0.25) is 0 Å². The minimum absolute atomic E-state index is 0.340. The Kier molecular flexibility index (Phi) is 4.17. The van der Waals surface area contributed by atoms with Gasteiger partial charge in [-0.1, -0.05) is 5.21 Å². The highest BCUT2D eigenvalue weighted by atomic mass is 16.5. The quantitative estimate of drug-likeness (QED) is 0.862. The summed E-state index contributed by atoms with van der Waals surface area (Å²) in [7, 11) is 0. The predicted octanol–water partition coefficient (Wildman–Crippen LogP) is 0.647. The van der Waals surface area contributed by atoms with E-state index in [9.17, 15) is 0 Å². The summed E-state index contributed by atoms with van der Waals surface area (Å²) in [4.78, 5) is 8.00. The van der Waals surface area contributed by atoms with Gasteiger partial charge in [0.15, 0.2) is 0 Å². The Hall–Kier alpha value is -2.02. The Labute approximate surface area is 117 Å². The topological polar surface area (TPSA) is 77.8 Å². The van der Waals surface area contributed by atoms with Crippen LogP contribution < -0.4 is 10.1 Å². The number of nitrogens with zero attached hydrogens (tertiary/aromatic N) is 5. The van der Waals surface area contributed by atoms with Gasteiger partial charge in [-0.25, -0.2) is 9.97 Å². The molecule has 1 aliphatic heterocycles. The van der Waals surface area contributed by atoms with Crippen molar-refractivity contribution in [3.63, 3.8) is 0 Å². The fourth-order valence-corrected chi connectivity index (χ4v) is 2.34. The molecular formula is C13H18N6O. The molecule has 2 aromatic heterocycles. The van der Waals surface area contributed by atoms with Crippen LogP contribution in [0.5, 0.6) is 6.01 Å². The molecule has 2 aromatic rings. The molecule has 7 nitrogen and oxygen atoms in total. The van der Waals surface area contributed by atoms with E-state index in [0.717, 1.165) is 25.3 Å². The van der Waals surface area contributed by atoms with Gasteiger partial charge in [-0.3, -0.25) is 4.68 Å². The molecule has 1 fully saturated rings. The first-order valence-electron chi connectivity index (χ1n) is 6.90. The molecule has 0 spiro atoms. The molecule has 3 rings (SSSR count). The molecule has 7 heteroatoms. The summed E-state index contributed by atoms with van der Waals surface area (Å²) in [6, 6.07) is 2.11. The van der Waals surface area contributed by atoms with E-state index < -0.39 is 0 Å². The van der Waals surface area contributed by atoms with E-state index in [-0.39, 0.29) is 0 Å². The molecule has 0 bridgehead atoms. The number of ether oxygens (including phenoxy) is 1. The number of piperidine rings is 1. The van der Waals surface area contributed by atoms with Crippen molar-refractivity contribution in [2.45, 2.75) is 26.0 Å². The molecule has 106 valence electrons. The van der Waals surface area contributed by atoms with Gasteiger partial charge in [-0.15, -0.1) is 5.10 Å². The summed E-state index contributed by atoms with van der Waals surface area (Å²) in [5, 5.41) is 11.7. The minimum Gasteiger partial charge on any atom is -0.457 e. The van der Waals surface area contributed by atoms with Gasteiger partial charge in [0, 0.05) is 18.9 Å². The lowest BCUT2D eigenvalue weighted by Gasteiger charge is -2.22. The van der Waals surface area contributed by atoms with E-state index in [1.54, 1.807) is 18.5 Å². The van der Waals surface area contributed by atoms with Crippen molar-refractivity contribution in [1.82, 2.24) is 30.3 Å². The van der Waals surface area contributed by atoms with Gasteiger partial charge in [-0.05, 0) is 37.9 Å². The van der Waals surface area contributed by atoms with Crippen LogP contribution in [0.25, 0.3) is 0 Å². The highest BCUT2D eigenvalue weighted by molar-refractivity contribution is 4.96. The normalized spacial score (nSPS) is 18.9. The maximum absolute atomic E-state index is 5.44. The first-order valence-corrected chi connectivity index (χ1v) is 6.90. The van der Waals surface area contributed by atoms with Crippen molar-refractivity contribution < 1.29 is 4.74 Å². The van der Waals surface area contributed by atoms with E-state index in [4.69, 9.17) is 4.74 Å². The maximum atomic E-state index is 5.44. The first kappa shape index (κ1) is 13.0. The summed E-state index contributed by atoms with van der Waals surface area (Å²) in [6.07, 6.45) is 7.71. The molecule has 0 radical (unpaired) electrons. The Bertz CT molecular complexity index is 523. The summed E-state index contributed by atoms with van der Waals surface area (Å²) >= 11 is 0. The van der Waals surface area contributed by atoms with Crippen molar-refractivity contribution >= 4 is 0 Å². The molecular weight excluding hydrogens is 256 g/mol. The van der Waals surface area contributed by atoms with Gasteiger partial charge in [0.25, 0.3) is 0 Å². The number of aromatic nitrogens is 5. The van der Waals surface area contributed by atoms with Crippen LogP contribution in [0.3, 0.4) is 0 Å². The van der Waals surface area contributed by atoms with Gasteiger partial charge in [-0.2, -0.15) is 0 Å². The highest BCUT2D eigenvalue weighted by Gasteiger charge is 2.14. The van der Waals surface area contributed by atoms with Gasteiger partial charge in [0.1, 0.15) is 12.3 Å². The molecule has 0 aliphatic carbocycles. The molecule has 1 saturated heterocycles. The van der Waals surface area contributed by atoms with E-state index in [1.165, 1.54) is 12.8 Å². The van der Waals surface area contributed by atoms with Crippen molar-refractivity contribution in [1.29, 1.82) is 0 Å². The van der Waals surface area contributed by atoms with Gasteiger partial charge >= 0.3 is 6.01 Å². The van der Waals surface area contributed by atoms with Crippen LogP contribution in [0.2, 0.25) is 0 Å². The standard InChI is InChI=1S/C13H18N6O/c1-3-11(7-14-4-1)8-19-9-12(17-18-19)10-20-13-15-5-2-6-16-13/h2,5-6,9,11,14H,1,3-4,7-8,10H2. The second-order valence-corrected chi connectivity index (χ2v) is 4.96. The SMILES string of the molecule is c1cnc(OCc2cn(CC3CCCNC3)nn2)nc1. The molecule has 1 N–H and O–H groups in total. The Balaban J connectivity index is 1.51. The number of hydrogen-bond acceptors (Lipinski definition) is 6. The predicted molar refractivity (Wildman–Crippen MR) is 72.0 cm³/mol. The van der Waals surface area contributed by atoms with Crippen LogP contribution in [0.1, 0.15) is 18.5 Å². The van der Waals surface area contributed by atoms with Crippen LogP contribution in [0.15, 0.2) is 24.7 Å². The highest BCUT2D eigenvalue weighted by Crippen LogP contribution is 2.12. The molecule has 1 aliphatic rings. The molecule has 0 aromatic carbocycles. The smallest absolute Gasteiger partial charge is 0.316 e. The zero-order valence-electron chi connectivity index (χ0n) is 11.3. The van der Waals surface area contributed by atoms with Crippen molar-refractivity contribution in [3.8, 4) is 6.01 Å². The molecule has 1 unspecified atom stereocenters. The average molecular weight is 274 g/mol. The molecule has 1 atom stereocenters. The Morgan fingerprint density at radius 1 is 1.35 bits per heavy atom. The summed E-state index contributed by atoms with van der Waals surface area (Å²) in [5.74, 6) is 0.636. The monoisotopic (exact) mass is 274 g/mol. The van der Waals surface area contributed by atoms with Gasteiger partial charge < -0.3 is 10.1 Å². The lowest BCUT2D eigenvalue weighted by Crippen LogP contribution is -2.32. The Morgan fingerprint density at radius 2 is 2.25 bits per heavy atom. The third-order valence-corrected chi connectivity index (χ3v) is 3.32. The zero-order chi connectivity index (χ0) is 13.6. The molecule has 20 heavy (non-hydrogen) atoms. The summed E-state index contributed by atoms with van der Waals surface area (Å²) in [6.45, 7) is 3.43. The van der Waals surface area contributed by atoms with E-state index in [0.29, 0.717) is 18.5 Å². The van der Waals surface area contributed by atoms with Crippen molar-refractivity contribution in [2.75, 3.05) is 13.1 Å². The van der Waals surface area contributed by atoms with Crippen molar-refractivity contribution in [2.24, 2.45) is 5.92 Å². The number of hydrogen-bond donors (Lipinski definition) is 1. The van der Waals surface area contributed by atoms with E-state index >= 15 is 0 Å². The van der Waals surface area contributed by atoms with Gasteiger partial charge in [0.05, 0.1) is 6.20 Å². The zero-order valence-corrected chi connectivity index (χ0v) is 11.3. The maximum Gasteiger partial charge on any atom is 0.316 e. The van der Waals surface area contributed by atoms with Crippen LogP contribution in [-0.2, 0) is 13.2 Å². The number of rotatable bonds is 5. The summed E-state index contributed by atoms with van der Waals surface area (Å²) in [5.41, 5.74) is 0.793. The average Bonchev–Trinajstić information content (AvgIpc) is 2.95. The lowest BCUT2D eigenvalue weighted by atomic mass is 10.00. The third-order valence-electron chi connectivity index (χ3n) is 3.32. The lowest BCUT2D eigenvalue weighted by molar-refractivity contribution is 0.276. The molecule has 0 saturated carbocycles. The first-order chi connectivity index (χ1) is 9.90. The molecule has 3 heterocycles. The van der Waals surface area contributed by atoms with E-state index in [1.807, 2.05) is 10.9 Å². The number of nitrogens with one attached hydrogen (secondary N) is 1. The van der Waals surface area contributed by atoms with Crippen molar-refractivity contribution in [3.05, 3.63) is 30.4 Å². The van der Waals surface area contributed by atoms with Crippen LogP contribution in [0, 0.1) is 5.92 Å². The second-order valence-electron chi connectivity index (χ2n) is 4.96. The van der Waals surface area contributed by atoms with Crippen LogP contribution in [0.4, 0.5) is 0 Å².